The Morgan fingerprint density at radius 3 is 2.48 bits per heavy atom. The van der Waals surface area contributed by atoms with Gasteiger partial charge in [0.25, 0.3) is 0 Å². The van der Waals surface area contributed by atoms with Crippen LogP contribution in [0.2, 0.25) is 0 Å². The third kappa shape index (κ3) is 5.21. The molecular weight excluding hydrogens is 346 g/mol. The van der Waals surface area contributed by atoms with E-state index in [9.17, 15) is 0 Å². The Kier molecular flexibility index (Phi) is 6.73. The number of nitrogens with one attached hydrogen (secondary N) is 1. The molecule has 0 amide bonds. The number of hydrogen-bond donors (Lipinski definition) is 1. The Balaban J connectivity index is 1.54. The van der Waals surface area contributed by atoms with Gasteiger partial charge in [0.2, 0.25) is 0 Å². The second kappa shape index (κ2) is 9.22. The van der Waals surface area contributed by atoms with Crippen LogP contribution in [-0.2, 0) is 0 Å². The second-order valence-corrected chi connectivity index (χ2v) is 7.83. The van der Waals surface area contributed by atoms with Gasteiger partial charge in [-0.05, 0) is 37.0 Å². The van der Waals surface area contributed by atoms with Crippen molar-refractivity contribution >= 4 is 29.1 Å². The van der Waals surface area contributed by atoms with Crippen molar-refractivity contribution in [3.63, 3.8) is 0 Å². The van der Waals surface area contributed by atoms with Gasteiger partial charge in [-0.1, -0.05) is 48.5 Å². The van der Waals surface area contributed by atoms with E-state index >= 15 is 0 Å². The number of benzene rings is 2. The lowest BCUT2D eigenvalue weighted by molar-refractivity contribution is 0.150. The van der Waals surface area contributed by atoms with Gasteiger partial charge in [-0.15, -0.1) is 11.8 Å². The smallest absolute Gasteiger partial charge is 0.169 e. The van der Waals surface area contributed by atoms with Gasteiger partial charge < -0.3 is 15.1 Å². The number of thioether (sulfide) groups is 1. The van der Waals surface area contributed by atoms with Crippen molar-refractivity contribution in [2.45, 2.75) is 10.9 Å². The average Bonchev–Trinajstić information content (AvgIpc) is 2.66. The number of nitrogens with zero attached hydrogens (tertiary/aromatic N) is 2. The lowest BCUT2D eigenvalue weighted by atomic mass is 10.0. The number of hydrogen-bond acceptors (Lipinski definition) is 3. The molecule has 0 spiro atoms. The third-order valence-corrected chi connectivity index (χ3v) is 5.81. The summed E-state index contributed by atoms with van der Waals surface area (Å²) in [5.41, 5.74) is 1.33. The first kappa shape index (κ1) is 18.2. The summed E-state index contributed by atoms with van der Waals surface area (Å²) in [4.78, 5) is 6.02. The van der Waals surface area contributed by atoms with Crippen LogP contribution in [0.5, 0.6) is 0 Å². The minimum Gasteiger partial charge on any atom is -0.362 e. The summed E-state index contributed by atoms with van der Waals surface area (Å²) < 4.78 is 0. The quantitative estimate of drug-likeness (QED) is 0.490. The van der Waals surface area contributed by atoms with Crippen molar-refractivity contribution < 1.29 is 0 Å². The Morgan fingerprint density at radius 2 is 1.76 bits per heavy atom. The minimum absolute atomic E-state index is 0.321. The van der Waals surface area contributed by atoms with Gasteiger partial charge in [0.05, 0.1) is 6.04 Å². The number of thiocarbonyl (C=S) groups is 1. The molecule has 132 valence electrons. The van der Waals surface area contributed by atoms with E-state index in [-0.39, 0.29) is 0 Å². The normalized spacial score (nSPS) is 18.1. The molecule has 0 saturated carbocycles. The lowest BCUT2D eigenvalue weighted by Crippen LogP contribution is -2.52. The van der Waals surface area contributed by atoms with Crippen LogP contribution in [0.4, 0.5) is 0 Å². The molecule has 0 radical (unpaired) electrons. The van der Waals surface area contributed by atoms with Crippen molar-refractivity contribution in [3.8, 4) is 0 Å². The van der Waals surface area contributed by atoms with Crippen molar-refractivity contribution in [1.29, 1.82) is 0 Å². The van der Waals surface area contributed by atoms with E-state index < -0.39 is 0 Å². The van der Waals surface area contributed by atoms with Gasteiger partial charge >= 0.3 is 0 Å². The highest BCUT2D eigenvalue weighted by Gasteiger charge is 2.28. The Bertz CT molecular complexity index is 663. The van der Waals surface area contributed by atoms with E-state index in [1.165, 1.54) is 10.5 Å². The second-order valence-electron chi connectivity index (χ2n) is 6.28. The van der Waals surface area contributed by atoms with Gasteiger partial charge in [0, 0.05) is 36.8 Å². The summed E-state index contributed by atoms with van der Waals surface area (Å²) >= 11 is 7.56. The molecule has 5 heteroatoms. The Labute approximate surface area is 160 Å². The molecule has 1 aliphatic rings. The Hall–Kier alpha value is -1.56. The van der Waals surface area contributed by atoms with E-state index in [1.54, 1.807) is 0 Å². The van der Waals surface area contributed by atoms with E-state index in [2.05, 4.69) is 82.8 Å². The van der Waals surface area contributed by atoms with Crippen LogP contribution in [0, 0.1) is 0 Å². The topological polar surface area (TPSA) is 18.5 Å². The van der Waals surface area contributed by atoms with Gasteiger partial charge in [-0.3, -0.25) is 0 Å². The van der Waals surface area contributed by atoms with E-state index in [0.29, 0.717) is 6.04 Å². The first-order valence-corrected chi connectivity index (χ1v) is 10.1. The molecule has 3 nitrogen and oxygen atoms in total. The standard InChI is InChI=1S/C20H25N3S2/c1-22-13-14-23(19(16-22)17-8-4-2-5-9-17)20(24)21-12-15-25-18-10-6-3-7-11-18/h2-11,19H,12-16H2,1H3,(H,21,24)/t19-/m1/s1. The SMILES string of the molecule is CN1CCN(C(=S)NCCSc2ccccc2)[C@@H](c2ccccc2)C1. The molecule has 1 aliphatic heterocycles. The molecule has 2 aromatic carbocycles. The van der Waals surface area contributed by atoms with E-state index in [0.717, 1.165) is 37.0 Å². The number of likely N-dealkylation sites (N-methyl/N-ethyl adjacent to an activating group) is 1. The molecule has 1 atom stereocenters. The molecule has 2 aromatic rings. The zero-order chi connectivity index (χ0) is 17.5. The van der Waals surface area contributed by atoms with Crippen LogP contribution in [0.1, 0.15) is 11.6 Å². The summed E-state index contributed by atoms with van der Waals surface area (Å²) in [7, 11) is 2.18. The number of rotatable bonds is 5. The fourth-order valence-corrected chi connectivity index (χ4v) is 4.18. The molecule has 1 saturated heterocycles. The maximum Gasteiger partial charge on any atom is 0.169 e. The van der Waals surface area contributed by atoms with Crippen molar-refractivity contribution in [1.82, 2.24) is 15.1 Å². The molecule has 1 N–H and O–H groups in total. The molecule has 25 heavy (non-hydrogen) atoms. The molecule has 0 unspecified atom stereocenters. The molecule has 1 heterocycles. The highest BCUT2D eigenvalue weighted by molar-refractivity contribution is 7.99. The average molecular weight is 372 g/mol. The van der Waals surface area contributed by atoms with Crippen molar-refractivity contribution in [3.05, 3.63) is 66.2 Å². The van der Waals surface area contributed by atoms with Gasteiger partial charge in [0.15, 0.2) is 5.11 Å². The maximum atomic E-state index is 5.71. The maximum absolute atomic E-state index is 5.71. The fourth-order valence-electron chi connectivity index (χ4n) is 3.07. The van der Waals surface area contributed by atoms with Gasteiger partial charge in [-0.25, -0.2) is 0 Å². The molecule has 0 bridgehead atoms. The zero-order valence-corrected chi connectivity index (χ0v) is 16.2. The summed E-state index contributed by atoms with van der Waals surface area (Å²) in [6.07, 6.45) is 0. The number of piperazine rings is 1. The minimum atomic E-state index is 0.321. The van der Waals surface area contributed by atoms with Gasteiger partial charge in [-0.2, -0.15) is 0 Å². The molecule has 1 fully saturated rings. The lowest BCUT2D eigenvalue weighted by Gasteiger charge is -2.41. The Morgan fingerprint density at radius 1 is 1.08 bits per heavy atom. The summed E-state index contributed by atoms with van der Waals surface area (Å²) in [6.45, 7) is 3.90. The van der Waals surface area contributed by atoms with Crippen LogP contribution < -0.4 is 5.32 Å². The van der Waals surface area contributed by atoms with Crippen LogP contribution in [0.3, 0.4) is 0 Å². The van der Waals surface area contributed by atoms with Crippen LogP contribution in [0.25, 0.3) is 0 Å². The first-order chi connectivity index (χ1) is 12.2. The monoisotopic (exact) mass is 371 g/mol. The summed E-state index contributed by atoms with van der Waals surface area (Å²) in [6, 6.07) is 21.5. The first-order valence-electron chi connectivity index (χ1n) is 8.70. The molecule has 0 aliphatic carbocycles. The molecular formula is C20H25N3S2. The van der Waals surface area contributed by atoms with E-state index in [4.69, 9.17) is 12.2 Å². The summed E-state index contributed by atoms with van der Waals surface area (Å²) in [5.74, 6) is 1.01. The predicted molar refractivity (Wildman–Crippen MR) is 111 cm³/mol. The van der Waals surface area contributed by atoms with Crippen molar-refractivity contribution in [2.75, 3.05) is 39.0 Å². The van der Waals surface area contributed by atoms with E-state index in [1.807, 2.05) is 11.8 Å². The van der Waals surface area contributed by atoms with Crippen LogP contribution in [0.15, 0.2) is 65.6 Å². The largest absolute Gasteiger partial charge is 0.362 e. The van der Waals surface area contributed by atoms with Crippen molar-refractivity contribution in [2.24, 2.45) is 0 Å². The van der Waals surface area contributed by atoms with Crippen LogP contribution >= 0.6 is 24.0 Å². The zero-order valence-electron chi connectivity index (χ0n) is 14.6. The molecule has 3 rings (SSSR count). The predicted octanol–water partition coefficient (Wildman–Crippen LogP) is 3.64. The highest BCUT2D eigenvalue weighted by Crippen LogP contribution is 2.25. The fraction of sp³-hybridized carbons (Fsp3) is 0.350. The highest BCUT2D eigenvalue weighted by atomic mass is 32.2. The third-order valence-electron chi connectivity index (χ3n) is 4.42. The molecule has 0 aromatic heterocycles. The summed E-state index contributed by atoms with van der Waals surface area (Å²) in [5, 5.41) is 4.33. The van der Waals surface area contributed by atoms with Crippen LogP contribution in [-0.4, -0.2) is 53.9 Å². The van der Waals surface area contributed by atoms with Gasteiger partial charge in [0.1, 0.15) is 0 Å².